The van der Waals surface area contributed by atoms with Crippen molar-refractivity contribution in [2.45, 2.75) is 0 Å². The molecule has 0 unspecified atom stereocenters. The molecule has 3 nitrogen and oxygen atoms in total. The van der Waals surface area contributed by atoms with Crippen LogP contribution < -0.4 is 4.74 Å². The van der Waals surface area contributed by atoms with Crippen LogP contribution in [-0.2, 0) is 4.74 Å². The van der Waals surface area contributed by atoms with Gasteiger partial charge in [0.2, 0.25) is 0 Å². The van der Waals surface area contributed by atoms with Crippen LogP contribution in [0.1, 0.15) is 11.1 Å². The Labute approximate surface area is 83.2 Å². The van der Waals surface area contributed by atoms with Gasteiger partial charge in [0.1, 0.15) is 11.8 Å². The highest BCUT2D eigenvalue weighted by Gasteiger charge is 2.02. The molecule has 0 saturated carbocycles. The van der Waals surface area contributed by atoms with Gasteiger partial charge >= 0.3 is 0 Å². The molecule has 0 aliphatic carbocycles. The molecule has 0 heterocycles. The van der Waals surface area contributed by atoms with Gasteiger partial charge in [0, 0.05) is 7.11 Å². The van der Waals surface area contributed by atoms with Gasteiger partial charge in [0.15, 0.2) is 6.79 Å². The van der Waals surface area contributed by atoms with E-state index >= 15 is 0 Å². The monoisotopic (exact) mass is 189 g/mol. The Bertz CT molecular complexity index is 366. The molecule has 0 saturated heterocycles. The molecule has 0 atom stereocenters. The summed E-state index contributed by atoms with van der Waals surface area (Å²) < 4.78 is 9.95. The molecular formula is C11H11NO2. The summed E-state index contributed by atoms with van der Waals surface area (Å²) in [7, 11) is 1.53. The maximum absolute atomic E-state index is 8.83. The van der Waals surface area contributed by atoms with Crippen molar-refractivity contribution in [2.75, 3.05) is 13.9 Å². The molecule has 1 rings (SSSR count). The fourth-order valence-corrected chi connectivity index (χ4v) is 1.01. The van der Waals surface area contributed by atoms with Crippen molar-refractivity contribution in [2.24, 2.45) is 0 Å². The van der Waals surface area contributed by atoms with Crippen LogP contribution in [0.2, 0.25) is 0 Å². The van der Waals surface area contributed by atoms with Crippen molar-refractivity contribution in [1.29, 1.82) is 5.26 Å². The highest BCUT2D eigenvalue weighted by Crippen LogP contribution is 2.19. The van der Waals surface area contributed by atoms with Gasteiger partial charge < -0.3 is 9.47 Å². The molecule has 0 radical (unpaired) electrons. The van der Waals surface area contributed by atoms with E-state index in [1.807, 2.05) is 6.07 Å². The zero-order chi connectivity index (χ0) is 10.4. The van der Waals surface area contributed by atoms with Crippen molar-refractivity contribution in [3.8, 4) is 11.8 Å². The number of nitriles is 1. The van der Waals surface area contributed by atoms with E-state index in [9.17, 15) is 0 Å². The minimum atomic E-state index is 0.141. The average molecular weight is 189 g/mol. The van der Waals surface area contributed by atoms with Gasteiger partial charge in [-0.15, -0.1) is 0 Å². The lowest BCUT2D eigenvalue weighted by molar-refractivity contribution is 0.0509. The average Bonchev–Trinajstić information content (AvgIpc) is 2.26. The maximum Gasteiger partial charge on any atom is 0.188 e. The van der Waals surface area contributed by atoms with E-state index in [0.29, 0.717) is 11.3 Å². The first kappa shape index (κ1) is 10.3. The van der Waals surface area contributed by atoms with E-state index in [2.05, 4.69) is 12.6 Å². The third-order valence-electron chi connectivity index (χ3n) is 1.69. The molecule has 0 aliphatic rings. The topological polar surface area (TPSA) is 42.2 Å². The van der Waals surface area contributed by atoms with Crippen LogP contribution in [0.4, 0.5) is 0 Å². The number of benzene rings is 1. The highest BCUT2D eigenvalue weighted by molar-refractivity contribution is 5.55. The number of rotatable bonds is 4. The SMILES string of the molecule is C=Cc1ccc(OCOC)c(C#N)c1. The molecule has 72 valence electrons. The van der Waals surface area contributed by atoms with Crippen molar-refractivity contribution in [1.82, 2.24) is 0 Å². The van der Waals surface area contributed by atoms with Crippen molar-refractivity contribution in [3.63, 3.8) is 0 Å². The summed E-state index contributed by atoms with van der Waals surface area (Å²) in [5.41, 5.74) is 1.38. The number of hydrogen-bond acceptors (Lipinski definition) is 3. The summed E-state index contributed by atoms with van der Waals surface area (Å²) in [5, 5.41) is 8.83. The summed E-state index contributed by atoms with van der Waals surface area (Å²) in [4.78, 5) is 0. The Hall–Kier alpha value is -1.79. The molecule has 0 amide bonds. The summed E-state index contributed by atoms with van der Waals surface area (Å²) >= 11 is 0. The van der Waals surface area contributed by atoms with Crippen molar-refractivity contribution in [3.05, 3.63) is 35.9 Å². The van der Waals surface area contributed by atoms with Gasteiger partial charge in [-0.2, -0.15) is 5.26 Å². The van der Waals surface area contributed by atoms with E-state index in [-0.39, 0.29) is 6.79 Å². The second-order valence-corrected chi connectivity index (χ2v) is 2.62. The molecule has 3 heteroatoms. The van der Waals surface area contributed by atoms with E-state index in [1.54, 1.807) is 18.2 Å². The minimum absolute atomic E-state index is 0.141. The van der Waals surface area contributed by atoms with Crippen LogP contribution in [0.25, 0.3) is 6.08 Å². The molecule has 0 fully saturated rings. The number of methoxy groups -OCH3 is 1. The molecular weight excluding hydrogens is 178 g/mol. The number of hydrogen-bond donors (Lipinski definition) is 0. The number of ether oxygens (including phenoxy) is 2. The summed E-state index contributed by atoms with van der Waals surface area (Å²) in [5.74, 6) is 0.528. The van der Waals surface area contributed by atoms with Crippen LogP contribution in [0.5, 0.6) is 5.75 Å². The quantitative estimate of drug-likeness (QED) is 0.682. The van der Waals surface area contributed by atoms with Gasteiger partial charge in [-0.3, -0.25) is 0 Å². The van der Waals surface area contributed by atoms with Gasteiger partial charge in [-0.25, -0.2) is 0 Å². The summed E-state index contributed by atoms with van der Waals surface area (Å²) in [6, 6.07) is 7.33. The largest absolute Gasteiger partial charge is 0.466 e. The van der Waals surface area contributed by atoms with E-state index in [0.717, 1.165) is 5.56 Å². The smallest absolute Gasteiger partial charge is 0.188 e. The molecule has 14 heavy (non-hydrogen) atoms. The molecule has 0 N–H and O–H groups in total. The van der Waals surface area contributed by atoms with Crippen molar-refractivity contribution >= 4 is 6.08 Å². The first-order valence-corrected chi connectivity index (χ1v) is 4.10. The van der Waals surface area contributed by atoms with Gasteiger partial charge in [0.25, 0.3) is 0 Å². The minimum Gasteiger partial charge on any atom is -0.466 e. The second kappa shape index (κ2) is 5.05. The van der Waals surface area contributed by atoms with Crippen LogP contribution in [-0.4, -0.2) is 13.9 Å². The Balaban J connectivity index is 2.94. The third-order valence-corrected chi connectivity index (χ3v) is 1.69. The Kier molecular flexibility index (Phi) is 3.71. The zero-order valence-electron chi connectivity index (χ0n) is 7.99. The molecule has 0 aliphatic heterocycles. The van der Waals surface area contributed by atoms with E-state index in [4.69, 9.17) is 14.7 Å². The molecule has 0 aromatic heterocycles. The van der Waals surface area contributed by atoms with Gasteiger partial charge in [-0.1, -0.05) is 18.7 Å². The molecule has 0 bridgehead atoms. The lowest BCUT2D eigenvalue weighted by Gasteiger charge is -2.06. The predicted molar refractivity (Wildman–Crippen MR) is 53.8 cm³/mol. The maximum atomic E-state index is 8.83. The van der Waals surface area contributed by atoms with Gasteiger partial charge in [0.05, 0.1) is 5.56 Å². The summed E-state index contributed by atoms with van der Waals surface area (Å²) in [6.45, 7) is 3.76. The van der Waals surface area contributed by atoms with E-state index in [1.165, 1.54) is 7.11 Å². The predicted octanol–water partition coefficient (Wildman–Crippen LogP) is 2.18. The fraction of sp³-hybridized carbons (Fsp3) is 0.182. The lowest BCUT2D eigenvalue weighted by Crippen LogP contribution is -2.00. The van der Waals surface area contributed by atoms with Crippen LogP contribution in [0.3, 0.4) is 0 Å². The zero-order valence-corrected chi connectivity index (χ0v) is 7.99. The first-order valence-electron chi connectivity index (χ1n) is 4.10. The molecule has 1 aromatic rings. The molecule has 0 spiro atoms. The first-order chi connectivity index (χ1) is 6.81. The second-order valence-electron chi connectivity index (χ2n) is 2.62. The van der Waals surface area contributed by atoms with Crippen molar-refractivity contribution < 1.29 is 9.47 Å². The number of nitrogens with zero attached hydrogens (tertiary/aromatic N) is 1. The third kappa shape index (κ3) is 2.35. The van der Waals surface area contributed by atoms with Crippen LogP contribution in [0.15, 0.2) is 24.8 Å². The standard InChI is InChI=1S/C11H11NO2/c1-3-9-4-5-11(14-8-13-2)10(6-9)7-12/h3-6H,1,8H2,2H3. The fourth-order valence-electron chi connectivity index (χ4n) is 1.01. The Morgan fingerprint density at radius 3 is 2.93 bits per heavy atom. The lowest BCUT2D eigenvalue weighted by atomic mass is 10.1. The highest BCUT2D eigenvalue weighted by atomic mass is 16.7. The van der Waals surface area contributed by atoms with E-state index < -0.39 is 0 Å². The van der Waals surface area contributed by atoms with Crippen LogP contribution in [0, 0.1) is 11.3 Å². The Morgan fingerprint density at radius 2 is 2.36 bits per heavy atom. The normalized spacial score (nSPS) is 9.14. The molecule has 1 aromatic carbocycles. The summed E-state index contributed by atoms with van der Waals surface area (Å²) in [6.07, 6.45) is 1.68. The van der Waals surface area contributed by atoms with Crippen LogP contribution >= 0.6 is 0 Å². The van der Waals surface area contributed by atoms with Gasteiger partial charge in [-0.05, 0) is 17.7 Å². The Morgan fingerprint density at radius 1 is 1.57 bits per heavy atom.